The molecule has 2 nitrogen and oxygen atoms in total. The first-order valence-electron chi connectivity index (χ1n) is 6.59. The highest BCUT2D eigenvalue weighted by molar-refractivity contribution is 9.10. The van der Waals surface area contributed by atoms with Gasteiger partial charge in [0.2, 0.25) is 0 Å². The largest absolute Gasteiger partial charge is 0.388 e. The van der Waals surface area contributed by atoms with Crippen LogP contribution in [0.2, 0.25) is 0 Å². The Kier molecular flexibility index (Phi) is 5.10. The molecule has 0 aliphatic heterocycles. The molecular weight excluding hydrogens is 316 g/mol. The molecule has 0 bridgehead atoms. The van der Waals surface area contributed by atoms with Crippen molar-refractivity contribution in [1.29, 1.82) is 0 Å². The molecule has 1 unspecified atom stereocenters. The third-order valence-electron chi connectivity index (χ3n) is 3.27. The number of hydrogen-bond donors (Lipinski definition) is 1. The van der Waals surface area contributed by atoms with Gasteiger partial charge in [0, 0.05) is 16.5 Å². The summed E-state index contributed by atoms with van der Waals surface area (Å²) < 4.78 is 0.976. The van der Waals surface area contributed by atoms with Crippen molar-refractivity contribution in [2.24, 2.45) is 0 Å². The number of hydrogen-bond acceptors (Lipinski definition) is 2. The van der Waals surface area contributed by atoms with E-state index in [2.05, 4.69) is 15.9 Å². The van der Waals surface area contributed by atoms with E-state index in [1.54, 1.807) is 0 Å². The minimum Gasteiger partial charge on any atom is -0.388 e. The van der Waals surface area contributed by atoms with E-state index in [1.807, 2.05) is 55.5 Å². The van der Waals surface area contributed by atoms with Crippen molar-refractivity contribution in [2.45, 2.75) is 25.9 Å². The molecule has 20 heavy (non-hydrogen) atoms. The molecule has 0 saturated carbocycles. The van der Waals surface area contributed by atoms with Gasteiger partial charge in [-0.05, 0) is 31.0 Å². The van der Waals surface area contributed by atoms with Crippen LogP contribution >= 0.6 is 15.9 Å². The molecule has 0 aliphatic carbocycles. The van der Waals surface area contributed by atoms with Crippen molar-refractivity contribution in [3.05, 3.63) is 69.7 Å². The van der Waals surface area contributed by atoms with Gasteiger partial charge in [-0.25, -0.2) is 0 Å². The van der Waals surface area contributed by atoms with Crippen LogP contribution in [0.15, 0.2) is 53.0 Å². The van der Waals surface area contributed by atoms with Gasteiger partial charge in [-0.1, -0.05) is 57.9 Å². The van der Waals surface area contributed by atoms with Gasteiger partial charge in [-0.15, -0.1) is 0 Å². The lowest BCUT2D eigenvalue weighted by molar-refractivity contribution is 0.0940. The number of carbonyl (C=O) groups is 1. The Bertz CT molecular complexity index is 573. The van der Waals surface area contributed by atoms with E-state index in [-0.39, 0.29) is 5.78 Å². The summed E-state index contributed by atoms with van der Waals surface area (Å²) in [5, 5.41) is 10.1. The highest BCUT2D eigenvalue weighted by Gasteiger charge is 2.11. The van der Waals surface area contributed by atoms with Gasteiger partial charge in [-0.2, -0.15) is 0 Å². The Labute approximate surface area is 127 Å². The number of aliphatic hydroxyl groups excluding tert-OH is 1. The molecule has 2 rings (SSSR count). The minimum atomic E-state index is -0.600. The monoisotopic (exact) mass is 332 g/mol. The van der Waals surface area contributed by atoms with Gasteiger partial charge < -0.3 is 5.11 Å². The van der Waals surface area contributed by atoms with Crippen LogP contribution in [0.25, 0.3) is 0 Å². The highest BCUT2D eigenvalue weighted by atomic mass is 79.9. The summed E-state index contributed by atoms with van der Waals surface area (Å²) >= 11 is 3.36. The quantitative estimate of drug-likeness (QED) is 0.821. The zero-order valence-corrected chi connectivity index (χ0v) is 12.9. The molecule has 2 aromatic carbocycles. The Morgan fingerprint density at radius 1 is 1.10 bits per heavy atom. The van der Waals surface area contributed by atoms with Crippen molar-refractivity contribution in [3.8, 4) is 0 Å². The summed E-state index contributed by atoms with van der Waals surface area (Å²) in [6, 6.07) is 15.0. The summed E-state index contributed by atoms with van der Waals surface area (Å²) in [6.07, 6.45) is 0.187. The number of aryl methyl sites for hydroxylation is 1. The van der Waals surface area contributed by atoms with Crippen molar-refractivity contribution in [1.82, 2.24) is 0 Å². The number of rotatable bonds is 5. The number of Topliss-reactive ketones (excluding diaryl/α,β-unsaturated/α-hetero) is 1. The van der Waals surface area contributed by atoms with Crippen molar-refractivity contribution in [2.75, 3.05) is 0 Å². The molecule has 0 spiro atoms. The Morgan fingerprint density at radius 3 is 2.30 bits per heavy atom. The summed E-state index contributed by atoms with van der Waals surface area (Å²) in [4.78, 5) is 12.0. The molecule has 0 saturated heterocycles. The second-order valence-corrected chi connectivity index (χ2v) is 5.81. The van der Waals surface area contributed by atoms with Gasteiger partial charge in [0.25, 0.3) is 0 Å². The first kappa shape index (κ1) is 14.9. The number of aliphatic hydroxyl groups is 1. The number of benzene rings is 2. The summed E-state index contributed by atoms with van der Waals surface area (Å²) in [5.74, 6) is 0.0705. The van der Waals surface area contributed by atoms with Gasteiger partial charge in [0.15, 0.2) is 5.78 Å². The maximum atomic E-state index is 12.0. The average molecular weight is 333 g/mol. The third kappa shape index (κ3) is 4.02. The molecule has 1 N–H and O–H groups in total. The molecular formula is C17H17BrO2. The number of ketones is 1. The Morgan fingerprint density at radius 2 is 1.70 bits per heavy atom. The summed E-state index contributed by atoms with van der Waals surface area (Å²) in [6.45, 7) is 1.99. The van der Waals surface area contributed by atoms with Crippen LogP contribution in [-0.2, 0) is 0 Å². The van der Waals surface area contributed by atoms with Crippen molar-refractivity contribution in [3.63, 3.8) is 0 Å². The minimum absolute atomic E-state index is 0.0705. The fraction of sp³-hybridized carbons (Fsp3) is 0.235. The Hall–Kier alpha value is -1.45. The highest BCUT2D eigenvalue weighted by Crippen LogP contribution is 2.21. The molecule has 104 valence electrons. The molecule has 0 heterocycles. The van der Waals surface area contributed by atoms with E-state index in [1.165, 1.54) is 0 Å². The lowest BCUT2D eigenvalue weighted by atomic mass is 10.00. The molecule has 3 heteroatoms. The summed E-state index contributed by atoms with van der Waals surface area (Å²) in [5.41, 5.74) is 2.68. The number of carbonyl (C=O) groups excluding carboxylic acids is 1. The second-order valence-electron chi connectivity index (χ2n) is 4.90. The van der Waals surface area contributed by atoms with E-state index >= 15 is 0 Å². The van der Waals surface area contributed by atoms with Gasteiger partial charge in [0.05, 0.1) is 6.10 Å². The SMILES string of the molecule is Cc1ccc(C(=O)CCC(O)c2ccc(Br)cc2)cc1. The molecule has 0 aliphatic rings. The van der Waals surface area contributed by atoms with E-state index < -0.39 is 6.10 Å². The fourth-order valence-electron chi connectivity index (χ4n) is 2.00. The fourth-order valence-corrected chi connectivity index (χ4v) is 2.27. The van der Waals surface area contributed by atoms with E-state index in [0.29, 0.717) is 18.4 Å². The lowest BCUT2D eigenvalue weighted by Gasteiger charge is -2.10. The standard InChI is InChI=1S/C17H17BrO2/c1-12-2-4-13(5-3-12)16(19)10-11-17(20)14-6-8-15(18)9-7-14/h2-9,17,20H,10-11H2,1H3. The van der Waals surface area contributed by atoms with E-state index in [9.17, 15) is 9.90 Å². The van der Waals surface area contributed by atoms with Crippen LogP contribution in [0, 0.1) is 6.92 Å². The van der Waals surface area contributed by atoms with Crippen molar-refractivity contribution < 1.29 is 9.90 Å². The topological polar surface area (TPSA) is 37.3 Å². The predicted octanol–water partition coefficient (Wildman–Crippen LogP) is 4.45. The lowest BCUT2D eigenvalue weighted by Crippen LogP contribution is -2.04. The Balaban J connectivity index is 1.92. The van der Waals surface area contributed by atoms with Gasteiger partial charge >= 0.3 is 0 Å². The van der Waals surface area contributed by atoms with Crippen LogP contribution in [0.4, 0.5) is 0 Å². The zero-order valence-electron chi connectivity index (χ0n) is 11.3. The normalized spacial score (nSPS) is 12.2. The third-order valence-corrected chi connectivity index (χ3v) is 3.80. The maximum absolute atomic E-state index is 12.0. The van der Waals surface area contributed by atoms with E-state index in [4.69, 9.17) is 0 Å². The van der Waals surface area contributed by atoms with Crippen LogP contribution < -0.4 is 0 Å². The predicted molar refractivity (Wildman–Crippen MR) is 83.8 cm³/mol. The van der Waals surface area contributed by atoms with Crippen LogP contribution in [-0.4, -0.2) is 10.9 Å². The second kappa shape index (κ2) is 6.82. The van der Waals surface area contributed by atoms with Crippen LogP contribution in [0.1, 0.15) is 40.4 Å². The molecule has 0 aromatic heterocycles. The first-order valence-corrected chi connectivity index (χ1v) is 7.39. The molecule has 0 fully saturated rings. The van der Waals surface area contributed by atoms with Gasteiger partial charge in [-0.3, -0.25) is 4.79 Å². The molecule has 1 atom stereocenters. The van der Waals surface area contributed by atoms with Crippen LogP contribution in [0.5, 0.6) is 0 Å². The van der Waals surface area contributed by atoms with Crippen molar-refractivity contribution >= 4 is 21.7 Å². The molecule has 2 aromatic rings. The van der Waals surface area contributed by atoms with Crippen LogP contribution in [0.3, 0.4) is 0 Å². The molecule has 0 amide bonds. The molecule has 0 radical (unpaired) electrons. The van der Waals surface area contributed by atoms with E-state index in [0.717, 1.165) is 15.6 Å². The number of halogens is 1. The average Bonchev–Trinajstić information content (AvgIpc) is 2.46. The summed E-state index contributed by atoms with van der Waals surface area (Å²) in [7, 11) is 0. The van der Waals surface area contributed by atoms with Gasteiger partial charge in [0.1, 0.15) is 0 Å². The maximum Gasteiger partial charge on any atom is 0.162 e. The zero-order chi connectivity index (χ0) is 14.5. The first-order chi connectivity index (χ1) is 9.56. The smallest absolute Gasteiger partial charge is 0.162 e.